The zero-order valence-electron chi connectivity index (χ0n) is 21.5. The maximum absolute atomic E-state index is 13.8. The molecule has 1 fully saturated rings. The van der Waals surface area contributed by atoms with Gasteiger partial charge in [0.1, 0.15) is 6.04 Å². The summed E-state index contributed by atoms with van der Waals surface area (Å²) in [6.07, 6.45) is 5.88. The summed E-state index contributed by atoms with van der Waals surface area (Å²) in [6, 6.07) is 24.6. The molecule has 1 unspecified atom stereocenters. The van der Waals surface area contributed by atoms with Crippen LogP contribution >= 0.6 is 35.0 Å². The number of halogens is 2. The van der Waals surface area contributed by atoms with Crippen molar-refractivity contribution in [2.24, 2.45) is 0 Å². The van der Waals surface area contributed by atoms with Crippen molar-refractivity contribution in [1.82, 2.24) is 10.2 Å². The molecule has 0 saturated heterocycles. The number of nitrogens with one attached hydrogen (secondary N) is 1. The average molecular weight is 570 g/mol. The Balaban J connectivity index is 1.56. The van der Waals surface area contributed by atoms with E-state index in [2.05, 4.69) is 5.32 Å². The van der Waals surface area contributed by atoms with Crippen molar-refractivity contribution in [2.45, 2.75) is 62.9 Å². The third kappa shape index (κ3) is 8.79. The highest BCUT2D eigenvalue weighted by atomic mass is 35.5. The summed E-state index contributed by atoms with van der Waals surface area (Å²) in [5, 5.41) is 4.57. The van der Waals surface area contributed by atoms with Crippen LogP contribution in [-0.4, -0.2) is 34.6 Å². The molecular formula is C31H34Cl2N2O2S. The van der Waals surface area contributed by atoms with Crippen LogP contribution in [0.1, 0.15) is 48.8 Å². The maximum atomic E-state index is 13.8. The SMILES string of the molecule is O=C(NC1CCCCC1)C(Cc1ccccc1)N(Cc1cccc(Cl)c1)C(=O)CSCc1cccc(Cl)c1. The molecule has 1 aliphatic carbocycles. The van der Waals surface area contributed by atoms with E-state index in [1.54, 1.807) is 4.90 Å². The summed E-state index contributed by atoms with van der Waals surface area (Å²) in [5.74, 6) is 0.761. The molecule has 4 nitrogen and oxygen atoms in total. The molecule has 7 heteroatoms. The van der Waals surface area contributed by atoms with E-state index in [9.17, 15) is 9.59 Å². The highest BCUT2D eigenvalue weighted by Gasteiger charge is 2.31. The van der Waals surface area contributed by atoms with Crippen LogP contribution in [0, 0.1) is 0 Å². The van der Waals surface area contributed by atoms with Gasteiger partial charge in [-0.1, -0.05) is 97.1 Å². The van der Waals surface area contributed by atoms with Crippen molar-refractivity contribution in [3.05, 3.63) is 106 Å². The molecule has 0 aliphatic heterocycles. The molecule has 200 valence electrons. The molecule has 3 aromatic carbocycles. The molecule has 0 heterocycles. The van der Waals surface area contributed by atoms with Crippen molar-refractivity contribution in [1.29, 1.82) is 0 Å². The number of nitrogens with zero attached hydrogens (tertiary/aromatic N) is 1. The Morgan fingerprint density at radius 3 is 2.16 bits per heavy atom. The van der Waals surface area contributed by atoms with Crippen molar-refractivity contribution >= 4 is 46.8 Å². The first-order valence-corrected chi connectivity index (χ1v) is 15.1. The minimum atomic E-state index is -0.627. The van der Waals surface area contributed by atoms with E-state index >= 15 is 0 Å². The fourth-order valence-electron chi connectivity index (χ4n) is 4.90. The summed E-state index contributed by atoms with van der Waals surface area (Å²) in [7, 11) is 0. The summed E-state index contributed by atoms with van der Waals surface area (Å²) in [6.45, 7) is 0.312. The van der Waals surface area contributed by atoms with E-state index < -0.39 is 6.04 Å². The van der Waals surface area contributed by atoms with Crippen molar-refractivity contribution in [2.75, 3.05) is 5.75 Å². The zero-order chi connectivity index (χ0) is 26.7. The van der Waals surface area contributed by atoms with Gasteiger partial charge in [-0.15, -0.1) is 11.8 Å². The van der Waals surface area contributed by atoms with Crippen molar-refractivity contribution in [3.63, 3.8) is 0 Å². The molecule has 0 aromatic heterocycles. The Hall–Kier alpha value is -2.47. The largest absolute Gasteiger partial charge is 0.352 e. The lowest BCUT2D eigenvalue weighted by Crippen LogP contribution is -2.53. The molecule has 0 bridgehead atoms. The third-order valence-electron chi connectivity index (χ3n) is 6.85. The molecule has 0 spiro atoms. The summed E-state index contributed by atoms with van der Waals surface area (Å²) >= 11 is 13.9. The van der Waals surface area contributed by atoms with Gasteiger partial charge in [0, 0.05) is 34.8 Å². The molecular weight excluding hydrogens is 535 g/mol. The highest BCUT2D eigenvalue weighted by Crippen LogP contribution is 2.22. The van der Waals surface area contributed by atoms with E-state index in [1.807, 2.05) is 78.9 Å². The lowest BCUT2D eigenvalue weighted by Gasteiger charge is -2.33. The van der Waals surface area contributed by atoms with E-state index in [0.29, 0.717) is 28.8 Å². The monoisotopic (exact) mass is 568 g/mol. The summed E-state index contributed by atoms with van der Waals surface area (Å²) in [4.78, 5) is 29.3. The minimum Gasteiger partial charge on any atom is -0.352 e. The molecule has 1 N–H and O–H groups in total. The van der Waals surface area contributed by atoms with E-state index in [1.165, 1.54) is 18.2 Å². The van der Waals surface area contributed by atoms with Gasteiger partial charge in [0.25, 0.3) is 0 Å². The fourth-order valence-corrected chi connectivity index (χ4v) is 6.18. The van der Waals surface area contributed by atoms with Crippen LogP contribution in [0.2, 0.25) is 10.0 Å². The predicted octanol–water partition coefficient (Wildman–Crippen LogP) is 7.32. The van der Waals surface area contributed by atoms with Gasteiger partial charge in [0.2, 0.25) is 11.8 Å². The van der Waals surface area contributed by atoms with E-state index in [-0.39, 0.29) is 23.6 Å². The van der Waals surface area contributed by atoms with Crippen LogP contribution in [0.25, 0.3) is 0 Å². The number of amides is 2. The lowest BCUT2D eigenvalue weighted by molar-refractivity contribution is -0.139. The molecule has 1 atom stereocenters. The van der Waals surface area contributed by atoms with Crippen LogP contribution in [0.3, 0.4) is 0 Å². The fraction of sp³-hybridized carbons (Fsp3) is 0.355. The molecule has 2 amide bonds. The number of carbonyl (C=O) groups is 2. The molecule has 0 radical (unpaired) electrons. The Bertz CT molecular complexity index is 1200. The normalized spacial score (nSPS) is 14.6. The topological polar surface area (TPSA) is 49.4 Å². The van der Waals surface area contributed by atoms with Gasteiger partial charge in [-0.25, -0.2) is 0 Å². The number of thioether (sulfide) groups is 1. The molecule has 38 heavy (non-hydrogen) atoms. The van der Waals surface area contributed by atoms with Crippen LogP contribution < -0.4 is 5.32 Å². The summed E-state index contributed by atoms with van der Waals surface area (Å²) < 4.78 is 0. The Labute approximate surface area is 240 Å². The van der Waals surface area contributed by atoms with Crippen LogP contribution in [0.4, 0.5) is 0 Å². The minimum absolute atomic E-state index is 0.0725. The smallest absolute Gasteiger partial charge is 0.243 e. The number of hydrogen-bond donors (Lipinski definition) is 1. The maximum Gasteiger partial charge on any atom is 0.243 e. The Morgan fingerprint density at radius 1 is 0.842 bits per heavy atom. The summed E-state index contributed by atoms with van der Waals surface area (Å²) in [5.41, 5.74) is 2.98. The van der Waals surface area contributed by atoms with Crippen molar-refractivity contribution < 1.29 is 9.59 Å². The molecule has 1 saturated carbocycles. The standard InChI is InChI=1S/C31H34Cl2N2O2S/c32-26-13-7-11-24(17-26)20-35(30(36)22-38-21-25-12-8-14-27(33)18-25)29(19-23-9-3-1-4-10-23)31(37)34-28-15-5-2-6-16-28/h1,3-4,7-14,17-18,28-29H,2,5-6,15-16,19-22H2,(H,34,37). The first-order chi connectivity index (χ1) is 18.5. The number of hydrogen-bond acceptors (Lipinski definition) is 3. The van der Waals surface area contributed by atoms with E-state index in [0.717, 1.165) is 42.4 Å². The van der Waals surface area contributed by atoms with E-state index in [4.69, 9.17) is 23.2 Å². The highest BCUT2D eigenvalue weighted by molar-refractivity contribution is 7.99. The second kappa shape index (κ2) is 14.6. The zero-order valence-corrected chi connectivity index (χ0v) is 23.8. The van der Waals surface area contributed by atoms with Gasteiger partial charge in [0.05, 0.1) is 5.75 Å². The average Bonchev–Trinajstić information content (AvgIpc) is 2.92. The number of carbonyl (C=O) groups excluding carboxylic acids is 2. The quantitative estimate of drug-likeness (QED) is 0.263. The van der Waals surface area contributed by atoms with Crippen LogP contribution in [-0.2, 0) is 28.3 Å². The second-order valence-corrected chi connectivity index (χ2v) is 11.7. The first-order valence-electron chi connectivity index (χ1n) is 13.2. The first kappa shape index (κ1) is 28.5. The molecule has 1 aliphatic rings. The van der Waals surface area contributed by atoms with Gasteiger partial charge < -0.3 is 10.2 Å². The van der Waals surface area contributed by atoms with Crippen LogP contribution in [0.5, 0.6) is 0 Å². The molecule has 3 aromatic rings. The number of rotatable bonds is 11. The van der Waals surface area contributed by atoms with Gasteiger partial charge >= 0.3 is 0 Å². The lowest BCUT2D eigenvalue weighted by atomic mass is 9.94. The Kier molecular flexibility index (Phi) is 11.0. The number of benzene rings is 3. The molecule has 4 rings (SSSR count). The predicted molar refractivity (Wildman–Crippen MR) is 159 cm³/mol. The second-order valence-electron chi connectivity index (χ2n) is 9.82. The van der Waals surface area contributed by atoms with Crippen LogP contribution in [0.15, 0.2) is 78.9 Å². The van der Waals surface area contributed by atoms with Crippen molar-refractivity contribution in [3.8, 4) is 0 Å². The Morgan fingerprint density at radius 2 is 1.47 bits per heavy atom. The van der Waals surface area contributed by atoms with Gasteiger partial charge in [0.15, 0.2) is 0 Å². The third-order valence-corrected chi connectivity index (χ3v) is 8.31. The van der Waals surface area contributed by atoms with Gasteiger partial charge in [-0.2, -0.15) is 0 Å². The van der Waals surface area contributed by atoms with Gasteiger partial charge in [-0.3, -0.25) is 9.59 Å². The van der Waals surface area contributed by atoms with Gasteiger partial charge in [-0.05, 0) is 53.8 Å².